The minimum absolute atomic E-state index is 0.107. The normalized spacial score (nSPS) is 18.3. The lowest BCUT2D eigenvalue weighted by atomic mass is 10.0. The molecule has 0 aliphatic carbocycles. The molecular weight excluding hydrogens is 380 g/mol. The van der Waals surface area contributed by atoms with Crippen molar-refractivity contribution in [1.82, 2.24) is 14.5 Å². The number of nitrogens with zero attached hydrogens (tertiary/aromatic N) is 4. The first kappa shape index (κ1) is 20.1. The van der Waals surface area contributed by atoms with Crippen LogP contribution in [0.3, 0.4) is 0 Å². The van der Waals surface area contributed by atoms with Gasteiger partial charge in [-0.15, -0.1) is 0 Å². The Balaban J connectivity index is 1.76. The van der Waals surface area contributed by atoms with Crippen molar-refractivity contribution >= 4 is 5.95 Å². The lowest BCUT2D eigenvalue weighted by Gasteiger charge is -2.43. The Morgan fingerprint density at radius 3 is 2.63 bits per heavy atom. The largest absolute Gasteiger partial charge is 0.496 e. The molecule has 0 radical (unpaired) electrons. The van der Waals surface area contributed by atoms with Crippen LogP contribution in [0.1, 0.15) is 25.5 Å². The summed E-state index contributed by atoms with van der Waals surface area (Å²) in [5.41, 5.74) is 1.93. The van der Waals surface area contributed by atoms with Crippen LogP contribution in [0.2, 0.25) is 0 Å². The number of aromatic nitrogens is 3. The van der Waals surface area contributed by atoms with Gasteiger partial charge in [-0.3, -0.25) is 14.3 Å². The maximum Gasteiger partial charge on any atom is 0.255 e. The maximum absolute atomic E-state index is 12.7. The van der Waals surface area contributed by atoms with Gasteiger partial charge < -0.3 is 14.4 Å². The van der Waals surface area contributed by atoms with Gasteiger partial charge in [-0.2, -0.15) is 0 Å². The van der Waals surface area contributed by atoms with Gasteiger partial charge in [0.15, 0.2) is 0 Å². The van der Waals surface area contributed by atoms with Crippen molar-refractivity contribution < 1.29 is 9.47 Å². The van der Waals surface area contributed by atoms with Crippen molar-refractivity contribution in [3.63, 3.8) is 0 Å². The van der Waals surface area contributed by atoms with Crippen molar-refractivity contribution in [3.05, 3.63) is 70.8 Å². The van der Waals surface area contributed by atoms with Gasteiger partial charge >= 0.3 is 0 Å². The third kappa shape index (κ3) is 3.93. The second kappa shape index (κ2) is 7.91. The molecule has 1 saturated heterocycles. The molecule has 1 fully saturated rings. The molecule has 0 spiro atoms. The number of para-hydroxylation sites is 1. The predicted octanol–water partition coefficient (Wildman–Crippen LogP) is 3.21. The summed E-state index contributed by atoms with van der Waals surface area (Å²) in [4.78, 5) is 23.7. The van der Waals surface area contributed by atoms with Crippen molar-refractivity contribution in [1.29, 1.82) is 0 Å². The first-order chi connectivity index (χ1) is 14.4. The van der Waals surface area contributed by atoms with Crippen molar-refractivity contribution in [2.24, 2.45) is 7.05 Å². The Bertz CT molecular complexity index is 1100. The van der Waals surface area contributed by atoms with Crippen molar-refractivity contribution in [3.8, 4) is 17.0 Å². The van der Waals surface area contributed by atoms with Crippen LogP contribution >= 0.6 is 0 Å². The summed E-state index contributed by atoms with van der Waals surface area (Å²) >= 11 is 0. The van der Waals surface area contributed by atoms with Gasteiger partial charge in [0.1, 0.15) is 11.9 Å². The van der Waals surface area contributed by atoms with Gasteiger partial charge in [-0.05, 0) is 32.0 Å². The molecule has 4 rings (SSSR count). The summed E-state index contributed by atoms with van der Waals surface area (Å²) < 4.78 is 13.5. The van der Waals surface area contributed by atoms with E-state index in [0.29, 0.717) is 24.7 Å². The number of rotatable bonds is 4. The number of morpholine rings is 1. The molecular formula is C23H26N4O3. The van der Waals surface area contributed by atoms with Crippen molar-refractivity contribution in [2.45, 2.75) is 25.6 Å². The van der Waals surface area contributed by atoms with Gasteiger partial charge in [0.2, 0.25) is 5.95 Å². The fourth-order valence-corrected chi connectivity index (χ4v) is 3.91. The summed E-state index contributed by atoms with van der Waals surface area (Å²) in [6.07, 6.45) is 3.18. The lowest BCUT2D eigenvalue weighted by molar-refractivity contribution is -0.0867. The molecule has 3 aromatic rings. The lowest BCUT2D eigenvalue weighted by Crippen LogP contribution is -2.51. The Morgan fingerprint density at radius 1 is 1.17 bits per heavy atom. The number of anilines is 1. The zero-order valence-electron chi connectivity index (χ0n) is 17.7. The zero-order chi connectivity index (χ0) is 21.3. The number of pyridine rings is 1. The standard InChI is InChI=1S/C23H26N4O3/c1-23(2)15-27(14-20(30-23)17-7-5-6-8-19(17)29-4)22-25-18(13-21(28)26(22)3)16-9-11-24-12-10-16/h5-13,20H,14-15H2,1-4H3. The quantitative estimate of drug-likeness (QED) is 0.663. The highest BCUT2D eigenvalue weighted by atomic mass is 16.5. The second-order valence-electron chi connectivity index (χ2n) is 8.06. The Labute approximate surface area is 175 Å². The van der Waals surface area contributed by atoms with Crippen LogP contribution < -0.4 is 15.2 Å². The molecule has 3 heterocycles. The third-order valence-electron chi connectivity index (χ3n) is 5.28. The molecule has 1 unspecified atom stereocenters. The molecule has 0 bridgehead atoms. The van der Waals surface area contributed by atoms with Gasteiger partial charge in [0, 0.05) is 43.2 Å². The van der Waals surface area contributed by atoms with E-state index in [-0.39, 0.29) is 11.7 Å². The topological polar surface area (TPSA) is 69.5 Å². The van der Waals surface area contributed by atoms with E-state index in [4.69, 9.17) is 14.5 Å². The first-order valence-corrected chi connectivity index (χ1v) is 9.92. The monoisotopic (exact) mass is 406 g/mol. The van der Waals surface area contributed by atoms with E-state index in [1.165, 1.54) is 0 Å². The van der Waals surface area contributed by atoms with Crippen molar-refractivity contribution in [2.75, 3.05) is 25.1 Å². The van der Waals surface area contributed by atoms with E-state index >= 15 is 0 Å². The Hall–Kier alpha value is -3.19. The van der Waals surface area contributed by atoms with Crippen LogP contribution in [0.15, 0.2) is 59.7 Å². The van der Waals surface area contributed by atoms with Crippen LogP contribution in [0, 0.1) is 0 Å². The highest BCUT2D eigenvalue weighted by Crippen LogP contribution is 2.36. The van der Waals surface area contributed by atoms with Crippen LogP contribution in [-0.4, -0.2) is 40.3 Å². The van der Waals surface area contributed by atoms with Crippen LogP contribution in [-0.2, 0) is 11.8 Å². The minimum Gasteiger partial charge on any atom is -0.496 e. The molecule has 1 atom stereocenters. The molecule has 7 heteroatoms. The van der Waals surface area contributed by atoms with E-state index in [1.807, 2.05) is 50.2 Å². The fourth-order valence-electron chi connectivity index (χ4n) is 3.91. The third-order valence-corrected chi connectivity index (χ3v) is 5.28. The molecule has 0 N–H and O–H groups in total. The highest BCUT2D eigenvalue weighted by Gasteiger charge is 2.36. The number of hydrogen-bond donors (Lipinski definition) is 0. The van der Waals surface area contributed by atoms with Crippen LogP contribution in [0.5, 0.6) is 5.75 Å². The summed E-state index contributed by atoms with van der Waals surface area (Å²) in [6, 6.07) is 13.1. The van der Waals surface area contributed by atoms with Gasteiger partial charge in [0.05, 0.1) is 24.9 Å². The molecule has 1 aliphatic rings. The molecule has 0 amide bonds. The SMILES string of the molecule is COc1ccccc1C1CN(c2nc(-c3ccncc3)cc(=O)n2C)CC(C)(C)O1. The van der Waals surface area contributed by atoms with E-state index in [0.717, 1.165) is 16.9 Å². The molecule has 2 aromatic heterocycles. The summed E-state index contributed by atoms with van der Waals surface area (Å²) in [7, 11) is 3.41. The molecule has 1 aromatic carbocycles. The molecule has 1 aliphatic heterocycles. The van der Waals surface area contributed by atoms with Gasteiger partial charge in [0.25, 0.3) is 5.56 Å². The van der Waals surface area contributed by atoms with E-state index in [9.17, 15) is 4.79 Å². The average molecular weight is 406 g/mol. The molecule has 7 nitrogen and oxygen atoms in total. The van der Waals surface area contributed by atoms with Crippen LogP contribution in [0.25, 0.3) is 11.3 Å². The molecule has 0 saturated carbocycles. The number of methoxy groups -OCH3 is 1. The predicted molar refractivity (Wildman–Crippen MR) is 116 cm³/mol. The Kier molecular flexibility index (Phi) is 5.30. The smallest absolute Gasteiger partial charge is 0.255 e. The number of ether oxygens (including phenoxy) is 2. The first-order valence-electron chi connectivity index (χ1n) is 9.92. The highest BCUT2D eigenvalue weighted by molar-refractivity contribution is 5.59. The molecule has 156 valence electrons. The number of hydrogen-bond acceptors (Lipinski definition) is 6. The van der Waals surface area contributed by atoms with E-state index in [1.54, 1.807) is 37.2 Å². The van der Waals surface area contributed by atoms with Crippen LogP contribution in [0.4, 0.5) is 5.95 Å². The summed E-state index contributed by atoms with van der Waals surface area (Å²) in [5, 5.41) is 0. The van der Waals surface area contributed by atoms with E-state index < -0.39 is 5.60 Å². The van der Waals surface area contributed by atoms with E-state index in [2.05, 4.69) is 9.88 Å². The summed E-state index contributed by atoms with van der Waals surface area (Å²) in [5.74, 6) is 1.40. The fraction of sp³-hybridized carbons (Fsp3) is 0.348. The number of benzene rings is 1. The Morgan fingerprint density at radius 2 is 1.90 bits per heavy atom. The maximum atomic E-state index is 12.7. The molecule has 30 heavy (non-hydrogen) atoms. The zero-order valence-corrected chi connectivity index (χ0v) is 17.7. The second-order valence-corrected chi connectivity index (χ2v) is 8.06. The minimum atomic E-state index is -0.436. The summed E-state index contributed by atoms with van der Waals surface area (Å²) in [6.45, 7) is 5.27. The van der Waals surface area contributed by atoms with Gasteiger partial charge in [-0.25, -0.2) is 4.98 Å². The van der Waals surface area contributed by atoms with Gasteiger partial charge in [-0.1, -0.05) is 18.2 Å². The average Bonchev–Trinajstić information content (AvgIpc) is 2.75.